The van der Waals surface area contributed by atoms with Crippen molar-refractivity contribution in [1.29, 1.82) is 0 Å². The van der Waals surface area contributed by atoms with Crippen LogP contribution in [0.4, 0.5) is 0 Å². The SMILES string of the molecule is CC/C=C\C/C=C\C/C=C\C/C=C\C/C=C\C/C=C\CCCCCCCCCCCCCCCCCCCCCCC(=O)OC(COC(=O)CCCCCCCCCCCCCCCCCCCCCCCCC/C=C\CCCCCCCCCC)COP(=O)(O)OCC[N+](C)(C)C. The number of rotatable bonds is 79. The van der Waals surface area contributed by atoms with Crippen molar-refractivity contribution in [2.24, 2.45) is 0 Å². The molecule has 0 aliphatic carbocycles. The molecule has 1 N–H and O–H groups in total. The van der Waals surface area contributed by atoms with Gasteiger partial charge in [0.1, 0.15) is 19.8 Å². The minimum Gasteiger partial charge on any atom is -0.462 e. The van der Waals surface area contributed by atoms with Crippen LogP contribution in [-0.4, -0.2) is 74.9 Å². The Hall–Kier alpha value is -2.81. The Balaban J connectivity index is 3.90. The van der Waals surface area contributed by atoms with Gasteiger partial charge in [0.15, 0.2) is 6.10 Å². The van der Waals surface area contributed by atoms with Gasteiger partial charge in [-0.05, 0) is 89.9 Å². The van der Waals surface area contributed by atoms with Gasteiger partial charge in [0.05, 0.1) is 27.7 Å². The normalized spacial score (nSPS) is 13.4. The van der Waals surface area contributed by atoms with Crippen molar-refractivity contribution in [3.8, 4) is 0 Å². The maximum Gasteiger partial charge on any atom is 0.472 e. The average molecular weight is 1390 g/mol. The molecule has 0 saturated heterocycles. The molecule has 0 amide bonds. The van der Waals surface area contributed by atoms with Crippen molar-refractivity contribution in [3.63, 3.8) is 0 Å². The van der Waals surface area contributed by atoms with E-state index in [1.165, 1.54) is 308 Å². The van der Waals surface area contributed by atoms with Gasteiger partial charge < -0.3 is 18.9 Å². The first kappa shape index (κ1) is 95.2. The summed E-state index contributed by atoms with van der Waals surface area (Å²) in [6.07, 6.45) is 109. The minimum absolute atomic E-state index is 0.0330. The van der Waals surface area contributed by atoms with Gasteiger partial charge >= 0.3 is 19.8 Å². The highest BCUT2D eigenvalue weighted by atomic mass is 31.2. The van der Waals surface area contributed by atoms with E-state index in [4.69, 9.17) is 18.5 Å². The van der Waals surface area contributed by atoms with E-state index in [9.17, 15) is 19.0 Å². The molecule has 0 rings (SSSR count). The van der Waals surface area contributed by atoms with Gasteiger partial charge in [0.2, 0.25) is 0 Å². The predicted octanol–water partition coefficient (Wildman–Crippen LogP) is 28.4. The maximum atomic E-state index is 12.9. The maximum absolute atomic E-state index is 12.9. The third-order valence-electron chi connectivity index (χ3n) is 18.9. The molecule has 2 unspecified atom stereocenters. The Morgan fingerprint density at radius 1 is 0.327 bits per heavy atom. The third-order valence-corrected chi connectivity index (χ3v) is 19.9. The van der Waals surface area contributed by atoms with Crippen LogP contribution in [0.5, 0.6) is 0 Å². The van der Waals surface area contributed by atoms with E-state index in [1.54, 1.807) is 0 Å². The molecule has 572 valence electrons. The van der Waals surface area contributed by atoms with E-state index >= 15 is 0 Å². The summed E-state index contributed by atoms with van der Waals surface area (Å²) in [7, 11) is 1.50. The molecular weight excluding hydrogens is 1230 g/mol. The molecular formula is C88H163NO8P+. The quantitative estimate of drug-likeness (QED) is 0.0211. The van der Waals surface area contributed by atoms with Crippen LogP contribution in [0, 0.1) is 0 Å². The van der Waals surface area contributed by atoms with Gasteiger partial charge in [-0.2, -0.15) is 0 Å². The van der Waals surface area contributed by atoms with E-state index in [0.29, 0.717) is 23.9 Å². The number of ether oxygens (including phenoxy) is 2. The molecule has 2 atom stereocenters. The van der Waals surface area contributed by atoms with Gasteiger partial charge in [-0.3, -0.25) is 18.6 Å². The number of nitrogens with zero attached hydrogens (tertiary/aromatic N) is 1. The Bertz CT molecular complexity index is 1930. The summed E-state index contributed by atoms with van der Waals surface area (Å²) >= 11 is 0. The molecule has 0 aliphatic heterocycles. The number of hydrogen-bond acceptors (Lipinski definition) is 7. The molecule has 0 saturated carbocycles. The summed E-state index contributed by atoms with van der Waals surface area (Å²) in [6.45, 7) is 4.39. The lowest BCUT2D eigenvalue weighted by Gasteiger charge is -2.24. The molecule has 0 heterocycles. The van der Waals surface area contributed by atoms with Crippen molar-refractivity contribution in [3.05, 3.63) is 85.1 Å². The molecule has 0 aromatic carbocycles. The largest absolute Gasteiger partial charge is 0.472 e. The van der Waals surface area contributed by atoms with Crippen LogP contribution in [0.3, 0.4) is 0 Å². The van der Waals surface area contributed by atoms with Crippen molar-refractivity contribution < 1.29 is 42.1 Å². The third kappa shape index (κ3) is 82.1. The van der Waals surface area contributed by atoms with E-state index in [0.717, 1.165) is 70.6 Å². The van der Waals surface area contributed by atoms with Crippen LogP contribution in [0.15, 0.2) is 85.1 Å². The van der Waals surface area contributed by atoms with Crippen molar-refractivity contribution >= 4 is 19.8 Å². The lowest BCUT2D eigenvalue weighted by Crippen LogP contribution is -2.37. The van der Waals surface area contributed by atoms with E-state index < -0.39 is 26.5 Å². The Morgan fingerprint density at radius 3 is 0.878 bits per heavy atom. The number of phosphoric acid groups is 1. The second-order valence-electron chi connectivity index (χ2n) is 29.8. The second-order valence-corrected chi connectivity index (χ2v) is 31.3. The first-order chi connectivity index (χ1) is 48.0. The standard InChI is InChI=1S/C88H162NO8P/c1-6-8-10-12-14-16-18-20-22-24-26-28-30-32-34-36-38-40-42-43-44-45-47-49-51-53-55-57-59-61-63-65-67-69-71-73-75-77-79-81-88(91)97-86(85-96-98(92,93)95-83-82-89(3,4)5)84-94-87(90)80-78-76-74-72-70-68-66-64-62-60-58-56-54-52-50-48-46-41-39-37-35-33-31-29-27-25-23-21-19-17-15-13-11-9-7-2/h8,10,14,16,20,22,25-28,32,34,38,40,86H,6-7,9,11-13,15,17-19,21,23-24,29-31,33,35-37,39,41-85H2,1-5H3/p+1/b10-8-,16-14-,22-20-,27-25-,28-26-,34-32-,40-38-. The highest BCUT2D eigenvalue weighted by Gasteiger charge is 2.27. The van der Waals surface area contributed by atoms with Crippen LogP contribution >= 0.6 is 7.82 Å². The minimum atomic E-state index is -4.40. The summed E-state index contributed by atoms with van der Waals surface area (Å²) in [5.74, 6) is -0.775. The molecule has 0 spiro atoms. The molecule has 0 aliphatic rings. The molecule has 10 heteroatoms. The Morgan fingerprint density at radius 2 is 0.582 bits per heavy atom. The summed E-state index contributed by atoms with van der Waals surface area (Å²) in [5, 5.41) is 0. The zero-order valence-corrected chi connectivity index (χ0v) is 66.4. The van der Waals surface area contributed by atoms with Gasteiger partial charge in [0.25, 0.3) is 0 Å². The number of hydrogen-bond donors (Lipinski definition) is 1. The van der Waals surface area contributed by atoms with Gasteiger partial charge in [-0.25, -0.2) is 4.57 Å². The van der Waals surface area contributed by atoms with Crippen LogP contribution < -0.4 is 0 Å². The molecule has 0 aromatic heterocycles. The number of esters is 2. The highest BCUT2D eigenvalue weighted by Crippen LogP contribution is 2.43. The fourth-order valence-corrected chi connectivity index (χ4v) is 13.2. The predicted molar refractivity (Wildman–Crippen MR) is 427 cm³/mol. The van der Waals surface area contributed by atoms with Crippen LogP contribution in [0.1, 0.15) is 412 Å². The van der Waals surface area contributed by atoms with Crippen LogP contribution in [0.25, 0.3) is 0 Å². The molecule has 98 heavy (non-hydrogen) atoms. The zero-order chi connectivity index (χ0) is 71.1. The highest BCUT2D eigenvalue weighted by molar-refractivity contribution is 7.47. The zero-order valence-electron chi connectivity index (χ0n) is 65.5. The number of quaternary nitrogens is 1. The fraction of sp³-hybridized carbons (Fsp3) is 0.818. The summed E-state index contributed by atoms with van der Waals surface area (Å²) < 4.78 is 34.9. The monoisotopic (exact) mass is 1390 g/mol. The second kappa shape index (κ2) is 78.3. The topological polar surface area (TPSA) is 108 Å². The van der Waals surface area contributed by atoms with Gasteiger partial charge in [0, 0.05) is 12.8 Å². The van der Waals surface area contributed by atoms with Crippen molar-refractivity contribution in [2.75, 3.05) is 47.5 Å². The molecule has 0 bridgehead atoms. The van der Waals surface area contributed by atoms with Crippen LogP contribution in [-0.2, 0) is 32.7 Å². The smallest absolute Gasteiger partial charge is 0.462 e. The van der Waals surface area contributed by atoms with Crippen molar-refractivity contribution in [2.45, 2.75) is 418 Å². The number of unbranched alkanes of at least 4 members (excludes halogenated alkanes) is 51. The Kier molecular flexibility index (Phi) is 76.1. The summed E-state index contributed by atoms with van der Waals surface area (Å²) in [5.41, 5.74) is 0. The first-order valence-electron chi connectivity index (χ1n) is 42.3. The van der Waals surface area contributed by atoms with Gasteiger partial charge in [-0.15, -0.1) is 0 Å². The average Bonchev–Trinajstić information content (AvgIpc) is 1.23. The van der Waals surface area contributed by atoms with E-state index in [2.05, 4.69) is 98.9 Å². The van der Waals surface area contributed by atoms with Crippen LogP contribution in [0.2, 0.25) is 0 Å². The molecule has 0 aromatic rings. The Labute approximate surface area is 609 Å². The molecule has 9 nitrogen and oxygen atoms in total. The lowest BCUT2D eigenvalue weighted by molar-refractivity contribution is -0.870. The van der Waals surface area contributed by atoms with Gasteiger partial charge in [-0.1, -0.05) is 394 Å². The number of carbonyl (C=O) groups is 2. The summed E-state index contributed by atoms with van der Waals surface area (Å²) in [4.78, 5) is 36.0. The number of phosphoric ester groups is 1. The lowest BCUT2D eigenvalue weighted by atomic mass is 10.0. The summed E-state index contributed by atoms with van der Waals surface area (Å²) in [6, 6.07) is 0. The van der Waals surface area contributed by atoms with E-state index in [-0.39, 0.29) is 25.6 Å². The van der Waals surface area contributed by atoms with E-state index in [1.807, 2.05) is 21.1 Å². The number of carbonyl (C=O) groups excluding carboxylic acids is 2. The first-order valence-corrected chi connectivity index (χ1v) is 43.8. The number of likely N-dealkylation sites (N-methyl/N-ethyl adjacent to an activating group) is 1. The number of allylic oxidation sites excluding steroid dienone is 14. The molecule has 0 radical (unpaired) electrons. The van der Waals surface area contributed by atoms with Crippen molar-refractivity contribution in [1.82, 2.24) is 0 Å². The molecule has 0 fully saturated rings. The fourth-order valence-electron chi connectivity index (χ4n) is 12.5.